The Morgan fingerprint density at radius 2 is 1.42 bits per heavy atom. The molecule has 0 unspecified atom stereocenters. The molecule has 1 aliphatic rings. The van der Waals surface area contributed by atoms with Gasteiger partial charge in [0.15, 0.2) is 5.78 Å². The Hall–Kier alpha value is -2.13. The summed E-state index contributed by atoms with van der Waals surface area (Å²) in [5.74, 6) is 0.125. The van der Waals surface area contributed by atoms with E-state index in [0.29, 0.717) is 0 Å². The van der Waals surface area contributed by atoms with E-state index in [1.165, 1.54) is 29.9 Å². The van der Waals surface area contributed by atoms with Crippen molar-refractivity contribution < 1.29 is 4.79 Å². The fourth-order valence-electron chi connectivity index (χ4n) is 2.68. The van der Waals surface area contributed by atoms with E-state index in [-0.39, 0.29) is 5.78 Å². The fraction of sp³-hybridized carbons (Fsp3) is 0.435. The zero-order valence-electron chi connectivity index (χ0n) is 17.2. The Morgan fingerprint density at radius 1 is 0.846 bits per heavy atom. The molecule has 3 rings (SSSR count). The summed E-state index contributed by atoms with van der Waals surface area (Å²) in [5.41, 5.74) is 4.69. The number of hydrogen-bond donors (Lipinski definition) is 0. The Balaban J connectivity index is 0.000000249. The first-order chi connectivity index (χ1) is 12.5. The number of likely N-dealkylation sites (N-methyl/N-ethyl adjacent to an activating group) is 1. The number of ketones is 1. The van der Waals surface area contributed by atoms with E-state index < -0.39 is 0 Å². The van der Waals surface area contributed by atoms with E-state index >= 15 is 0 Å². The van der Waals surface area contributed by atoms with Gasteiger partial charge in [0.1, 0.15) is 0 Å². The molecule has 0 N–H and O–H groups in total. The number of anilines is 1. The molecular formula is C23H34N2O. The van der Waals surface area contributed by atoms with Gasteiger partial charge in [-0.15, -0.1) is 0 Å². The number of aryl methyl sites for hydroxylation is 2. The van der Waals surface area contributed by atoms with E-state index in [0.717, 1.165) is 18.7 Å². The van der Waals surface area contributed by atoms with E-state index in [1.807, 2.05) is 45.0 Å². The Bertz CT molecular complexity index is 656. The van der Waals surface area contributed by atoms with Gasteiger partial charge in [-0.3, -0.25) is 4.79 Å². The van der Waals surface area contributed by atoms with Gasteiger partial charge < -0.3 is 9.80 Å². The summed E-state index contributed by atoms with van der Waals surface area (Å²) in [6, 6.07) is 16.3. The van der Waals surface area contributed by atoms with Crippen molar-refractivity contribution in [2.24, 2.45) is 0 Å². The van der Waals surface area contributed by atoms with E-state index in [1.54, 1.807) is 6.92 Å². The highest BCUT2D eigenvalue weighted by molar-refractivity contribution is 5.93. The normalized spacial score (nSPS) is 13.8. The highest BCUT2D eigenvalue weighted by Crippen LogP contribution is 2.17. The maximum atomic E-state index is 10.8. The van der Waals surface area contributed by atoms with Gasteiger partial charge in [-0.2, -0.15) is 0 Å². The molecule has 1 saturated heterocycles. The zero-order valence-corrected chi connectivity index (χ0v) is 17.2. The third-order valence-corrected chi connectivity index (χ3v) is 4.33. The van der Waals surface area contributed by atoms with Crippen LogP contribution < -0.4 is 4.90 Å². The van der Waals surface area contributed by atoms with E-state index in [2.05, 4.69) is 48.0 Å². The topological polar surface area (TPSA) is 23.6 Å². The van der Waals surface area contributed by atoms with Crippen LogP contribution in [0.5, 0.6) is 0 Å². The van der Waals surface area contributed by atoms with Crippen LogP contribution in [0.4, 0.5) is 5.69 Å². The number of rotatable bonds is 2. The molecule has 0 amide bonds. The lowest BCUT2D eigenvalue weighted by Gasteiger charge is -2.34. The molecular weight excluding hydrogens is 320 g/mol. The van der Waals surface area contributed by atoms with Gasteiger partial charge in [-0.1, -0.05) is 55.8 Å². The van der Waals surface area contributed by atoms with Gasteiger partial charge in [-0.05, 0) is 45.5 Å². The number of hydrogen-bond acceptors (Lipinski definition) is 3. The molecule has 1 aliphatic heterocycles. The summed E-state index contributed by atoms with van der Waals surface area (Å²) in [6.45, 7) is 14.4. The third kappa shape index (κ3) is 7.40. The molecule has 3 heteroatoms. The highest BCUT2D eigenvalue weighted by Gasteiger charge is 2.13. The lowest BCUT2D eigenvalue weighted by Crippen LogP contribution is -2.44. The first-order valence-corrected chi connectivity index (χ1v) is 9.53. The van der Waals surface area contributed by atoms with Crippen LogP contribution in [0.1, 0.15) is 42.3 Å². The van der Waals surface area contributed by atoms with E-state index in [4.69, 9.17) is 0 Å². The molecule has 142 valence electrons. The van der Waals surface area contributed by atoms with Crippen molar-refractivity contribution in [3.05, 3.63) is 65.2 Å². The van der Waals surface area contributed by atoms with E-state index in [9.17, 15) is 4.79 Å². The van der Waals surface area contributed by atoms with Crippen molar-refractivity contribution in [2.45, 2.75) is 34.6 Å². The van der Waals surface area contributed by atoms with Gasteiger partial charge >= 0.3 is 0 Å². The number of carbonyl (C=O) groups excluding carboxylic acids is 1. The first-order valence-electron chi connectivity index (χ1n) is 9.53. The largest absolute Gasteiger partial charge is 0.369 e. The maximum Gasteiger partial charge on any atom is 0.159 e. The lowest BCUT2D eigenvalue weighted by atomic mass is 10.1. The molecule has 2 aromatic rings. The Labute approximate surface area is 159 Å². The molecule has 0 bridgehead atoms. The smallest absolute Gasteiger partial charge is 0.159 e. The fourth-order valence-corrected chi connectivity index (χ4v) is 2.68. The van der Waals surface area contributed by atoms with Crippen molar-refractivity contribution >= 4 is 11.5 Å². The summed E-state index contributed by atoms with van der Waals surface area (Å²) in [5, 5.41) is 0. The van der Waals surface area contributed by atoms with Gasteiger partial charge in [0.25, 0.3) is 0 Å². The second-order valence-corrected chi connectivity index (χ2v) is 6.55. The average Bonchev–Trinajstić information content (AvgIpc) is 2.65. The third-order valence-electron chi connectivity index (χ3n) is 4.33. The van der Waals surface area contributed by atoms with Crippen molar-refractivity contribution in [3.8, 4) is 0 Å². The van der Waals surface area contributed by atoms with Crippen LogP contribution in [0.2, 0.25) is 0 Å². The van der Waals surface area contributed by atoms with Gasteiger partial charge in [0.2, 0.25) is 0 Å². The monoisotopic (exact) mass is 354 g/mol. The summed E-state index contributed by atoms with van der Waals surface area (Å²) >= 11 is 0. The number of benzene rings is 2. The molecule has 0 aliphatic carbocycles. The predicted molar refractivity (Wildman–Crippen MR) is 113 cm³/mol. The van der Waals surface area contributed by atoms with Crippen LogP contribution >= 0.6 is 0 Å². The van der Waals surface area contributed by atoms with Gasteiger partial charge in [0.05, 0.1) is 0 Å². The molecule has 0 atom stereocenters. The molecule has 1 fully saturated rings. The van der Waals surface area contributed by atoms with Crippen molar-refractivity contribution in [2.75, 3.05) is 38.1 Å². The van der Waals surface area contributed by atoms with Gasteiger partial charge in [0, 0.05) is 37.4 Å². The second-order valence-electron chi connectivity index (χ2n) is 6.55. The summed E-state index contributed by atoms with van der Waals surface area (Å²) < 4.78 is 0. The van der Waals surface area contributed by atoms with Crippen LogP contribution in [0.25, 0.3) is 0 Å². The minimum atomic E-state index is 0.125. The van der Waals surface area contributed by atoms with Crippen LogP contribution in [0, 0.1) is 13.8 Å². The summed E-state index contributed by atoms with van der Waals surface area (Å²) in [7, 11) is 2.19. The molecule has 3 nitrogen and oxygen atoms in total. The predicted octanol–water partition coefficient (Wildman–Crippen LogP) is 4.97. The first kappa shape index (κ1) is 21.9. The van der Waals surface area contributed by atoms with Crippen LogP contribution in [-0.2, 0) is 0 Å². The number of piperazine rings is 1. The van der Waals surface area contributed by atoms with Crippen molar-refractivity contribution in [1.82, 2.24) is 4.90 Å². The standard InChI is InChI=1S/C12H18N2.C9H10O.C2H6/c1-11-4-3-5-12(10-11)14-8-6-13(2)7-9-14;1-7-3-5-9(6-4-7)8(2)10;1-2/h3-5,10H,6-9H2,1-2H3;3-6H,1-2H3;1-2H3. The van der Waals surface area contributed by atoms with Crippen LogP contribution in [0.15, 0.2) is 48.5 Å². The Morgan fingerprint density at radius 3 is 1.92 bits per heavy atom. The molecule has 2 aromatic carbocycles. The Kier molecular flexibility index (Phi) is 9.67. The summed E-state index contributed by atoms with van der Waals surface area (Å²) in [6.07, 6.45) is 0. The van der Waals surface area contributed by atoms with Crippen LogP contribution in [-0.4, -0.2) is 43.9 Å². The van der Waals surface area contributed by atoms with Gasteiger partial charge in [-0.25, -0.2) is 0 Å². The molecule has 0 radical (unpaired) electrons. The summed E-state index contributed by atoms with van der Waals surface area (Å²) in [4.78, 5) is 15.6. The second kappa shape index (κ2) is 11.5. The van der Waals surface area contributed by atoms with Crippen molar-refractivity contribution in [1.29, 1.82) is 0 Å². The highest BCUT2D eigenvalue weighted by atomic mass is 16.1. The van der Waals surface area contributed by atoms with Crippen molar-refractivity contribution in [3.63, 3.8) is 0 Å². The number of nitrogens with zero attached hydrogens (tertiary/aromatic N) is 2. The molecule has 0 aromatic heterocycles. The molecule has 26 heavy (non-hydrogen) atoms. The average molecular weight is 355 g/mol. The van der Waals surface area contributed by atoms with Crippen LogP contribution in [0.3, 0.4) is 0 Å². The SMILES string of the molecule is CC.CC(=O)c1ccc(C)cc1.Cc1cccc(N2CCN(C)CC2)c1. The minimum absolute atomic E-state index is 0.125. The lowest BCUT2D eigenvalue weighted by molar-refractivity contribution is 0.101. The number of Topliss-reactive ketones (excluding diaryl/α,β-unsaturated/α-hetero) is 1. The minimum Gasteiger partial charge on any atom is -0.369 e. The molecule has 0 spiro atoms. The quantitative estimate of drug-likeness (QED) is 0.711. The molecule has 0 saturated carbocycles. The molecule has 1 heterocycles. The maximum absolute atomic E-state index is 10.8. The zero-order chi connectivity index (χ0) is 19.5. The number of carbonyl (C=O) groups is 1.